The fourth-order valence-electron chi connectivity index (χ4n) is 3.60. The summed E-state index contributed by atoms with van der Waals surface area (Å²) >= 11 is 1.39. The lowest BCUT2D eigenvalue weighted by molar-refractivity contribution is -0.0956. The number of ether oxygens (including phenoxy) is 2. The molecule has 2 aliphatic rings. The third kappa shape index (κ3) is 3.45. The Bertz CT molecular complexity index is 775. The lowest BCUT2D eigenvalue weighted by Gasteiger charge is -2.34. The molecule has 4 rings (SSSR count). The van der Waals surface area contributed by atoms with Crippen molar-refractivity contribution in [3.05, 3.63) is 57.8 Å². The van der Waals surface area contributed by atoms with Gasteiger partial charge in [0.15, 0.2) is 6.29 Å². The number of carbonyl (C=O) groups is 2. The number of carbonyl (C=O) groups excluding carboxylic acids is 2. The van der Waals surface area contributed by atoms with Crippen LogP contribution in [0, 0.1) is 5.92 Å². The van der Waals surface area contributed by atoms with E-state index in [0.29, 0.717) is 48.2 Å². The second-order valence-corrected chi connectivity index (χ2v) is 7.54. The van der Waals surface area contributed by atoms with E-state index in [-0.39, 0.29) is 18.0 Å². The van der Waals surface area contributed by atoms with Gasteiger partial charge in [0.05, 0.1) is 23.7 Å². The van der Waals surface area contributed by atoms with E-state index in [1.54, 1.807) is 24.3 Å². The van der Waals surface area contributed by atoms with E-state index < -0.39 is 0 Å². The number of likely N-dealkylation sites (tertiary alicyclic amines) is 1. The number of piperidine rings is 1. The molecule has 1 aromatic carbocycles. The summed E-state index contributed by atoms with van der Waals surface area (Å²) in [6, 6.07) is 10.7. The molecule has 0 spiro atoms. The van der Waals surface area contributed by atoms with Crippen molar-refractivity contribution in [1.29, 1.82) is 0 Å². The Morgan fingerprint density at radius 2 is 1.65 bits per heavy atom. The van der Waals surface area contributed by atoms with Gasteiger partial charge in [0.1, 0.15) is 0 Å². The number of rotatable bonds is 4. The molecule has 0 aliphatic carbocycles. The SMILES string of the molecule is O=C(c1cccs1)c1ccccc1C(=O)N1CCC(C2OCCO2)CC1. The number of hydrogen-bond acceptors (Lipinski definition) is 5. The molecule has 3 heterocycles. The van der Waals surface area contributed by atoms with Crippen LogP contribution >= 0.6 is 11.3 Å². The van der Waals surface area contributed by atoms with Crippen molar-refractivity contribution in [2.45, 2.75) is 19.1 Å². The minimum Gasteiger partial charge on any atom is -0.350 e. The summed E-state index contributed by atoms with van der Waals surface area (Å²) in [5, 5.41) is 1.87. The summed E-state index contributed by atoms with van der Waals surface area (Å²) < 4.78 is 11.2. The average Bonchev–Trinajstić information content (AvgIpc) is 3.41. The van der Waals surface area contributed by atoms with Crippen molar-refractivity contribution in [2.75, 3.05) is 26.3 Å². The number of nitrogens with zero attached hydrogens (tertiary/aromatic N) is 1. The Balaban J connectivity index is 1.48. The summed E-state index contributed by atoms with van der Waals surface area (Å²) in [5.74, 6) is 0.174. The van der Waals surface area contributed by atoms with E-state index in [2.05, 4.69) is 0 Å². The Morgan fingerprint density at radius 3 is 2.31 bits per heavy atom. The van der Waals surface area contributed by atoms with Crippen molar-refractivity contribution >= 4 is 23.0 Å². The van der Waals surface area contributed by atoms with Crippen LogP contribution in [-0.2, 0) is 9.47 Å². The molecule has 5 nitrogen and oxygen atoms in total. The topological polar surface area (TPSA) is 55.8 Å². The summed E-state index contributed by atoms with van der Waals surface area (Å²) in [7, 11) is 0. The van der Waals surface area contributed by atoms with Crippen molar-refractivity contribution < 1.29 is 19.1 Å². The van der Waals surface area contributed by atoms with Gasteiger partial charge in [0, 0.05) is 24.6 Å². The van der Waals surface area contributed by atoms with Gasteiger partial charge in [-0.2, -0.15) is 0 Å². The van der Waals surface area contributed by atoms with Crippen LogP contribution in [0.2, 0.25) is 0 Å². The Kier molecular flexibility index (Phi) is 5.15. The van der Waals surface area contributed by atoms with Crippen LogP contribution < -0.4 is 0 Å². The molecule has 136 valence electrons. The summed E-state index contributed by atoms with van der Waals surface area (Å²) in [6.45, 7) is 2.63. The first-order chi connectivity index (χ1) is 12.7. The highest BCUT2D eigenvalue weighted by Gasteiger charge is 2.32. The summed E-state index contributed by atoms with van der Waals surface area (Å²) in [6.07, 6.45) is 1.59. The van der Waals surface area contributed by atoms with Crippen molar-refractivity contribution in [3.63, 3.8) is 0 Å². The zero-order valence-corrected chi connectivity index (χ0v) is 15.2. The van der Waals surface area contributed by atoms with Crippen LogP contribution in [0.4, 0.5) is 0 Å². The van der Waals surface area contributed by atoms with Crippen LogP contribution in [0.1, 0.15) is 38.4 Å². The molecule has 0 N–H and O–H groups in total. The quantitative estimate of drug-likeness (QED) is 0.775. The third-order valence-electron chi connectivity index (χ3n) is 5.01. The van der Waals surface area contributed by atoms with Gasteiger partial charge in [-0.05, 0) is 30.4 Å². The minimum absolute atomic E-state index is 0.0720. The maximum absolute atomic E-state index is 13.0. The maximum Gasteiger partial charge on any atom is 0.254 e. The largest absolute Gasteiger partial charge is 0.350 e. The first kappa shape index (κ1) is 17.4. The zero-order chi connectivity index (χ0) is 17.9. The van der Waals surface area contributed by atoms with Gasteiger partial charge in [-0.1, -0.05) is 24.3 Å². The third-order valence-corrected chi connectivity index (χ3v) is 5.87. The molecule has 1 aromatic heterocycles. The highest BCUT2D eigenvalue weighted by Crippen LogP contribution is 2.27. The highest BCUT2D eigenvalue weighted by atomic mass is 32.1. The predicted molar refractivity (Wildman–Crippen MR) is 98.5 cm³/mol. The van der Waals surface area contributed by atoms with Crippen LogP contribution in [-0.4, -0.2) is 49.2 Å². The molecular weight excluding hydrogens is 350 g/mol. The molecule has 0 saturated carbocycles. The second kappa shape index (κ2) is 7.70. The van der Waals surface area contributed by atoms with Crippen LogP contribution in [0.15, 0.2) is 41.8 Å². The molecule has 2 fully saturated rings. The molecule has 26 heavy (non-hydrogen) atoms. The fraction of sp³-hybridized carbons (Fsp3) is 0.400. The molecule has 0 unspecified atom stereocenters. The number of thiophene rings is 1. The van der Waals surface area contributed by atoms with Crippen molar-refractivity contribution in [3.8, 4) is 0 Å². The van der Waals surface area contributed by atoms with E-state index in [1.807, 2.05) is 22.4 Å². The maximum atomic E-state index is 13.0. The van der Waals surface area contributed by atoms with Gasteiger partial charge in [0.25, 0.3) is 5.91 Å². The molecule has 2 aliphatic heterocycles. The first-order valence-corrected chi connectivity index (χ1v) is 9.82. The second-order valence-electron chi connectivity index (χ2n) is 6.59. The summed E-state index contributed by atoms with van der Waals surface area (Å²) in [4.78, 5) is 28.3. The summed E-state index contributed by atoms with van der Waals surface area (Å²) in [5.41, 5.74) is 0.960. The number of ketones is 1. The van der Waals surface area contributed by atoms with Gasteiger partial charge in [0.2, 0.25) is 5.78 Å². The van der Waals surface area contributed by atoms with Gasteiger partial charge in [-0.15, -0.1) is 11.3 Å². The van der Waals surface area contributed by atoms with Gasteiger partial charge in [-0.3, -0.25) is 9.59 Å². The molecule has 2 aromatic rings. The van der Waals surface area contributed by atoms with Crippen molar-refractivity contribution in [2.24, 2.45) is 5.92 Å². The van der Waals surface area contributed by atoms with Gasteiger partial charge < -0.3 is 14.4 Å². The molecule has 0 atom stereocenters. The van der Waals surface area contributed by atoms with E-state index >= 15 is 0 Å². The Labute approximate surface area is 156 Å². The predicted octanol–water partition coefficient (Wildman–Crippen LogP) is 3.20. The normalized spacial score (nSPS) is 19.0. The first-order valence-electron chi connectivity index (χ1n) is 8.94. The van der Waals surface area contributed by atoms with Crippen LogP contribution in [0.5, 0.6) is 0 Å². The van der Waals surface area contributed by atoms with E-state index in [0.717, 1.165) is 12.8 Å². The van der Waals surface area contributed by atoms with E-state index in [1.165, 1.54) is 11.3 Å². The molecule has 0 bridgehead atoms. The average molecular weight is 371 g/mol. The van der Waals surface area contributed by atoms with Crippen molar-refractivity contribution in [1.82, 2.24) is 4.90 Å². The smallest absolute Gasteiger partial charge is 0.254 e. The molecule has 2 saturated heterocycles. The molecule has 0 radical (unpaired) electrons. The van der Waals surface area contributed by atoms with E-state index in [4.69, 9.17) is 9.47 Å². The lowest BCUT2D eigenvalue weighted by atomic mass is 9.94. The highest BCUT2D eigenvalue weighted by molar-refractivity contribution is 7.12. The van der Waals surface area contributed by atoms with Crippen LogP contribution in [0.25, 0.3) is 0 Å². The van der Waals surface area contributed by atoms with Gasteiger partial charge in [-0.25, -0.2) is 0 Å². The molecule has 6 heteroatoms. The van der Waals surface area contributed by atoms with Gasteiger partial charge >= 0.3 is 0 Å². The lowest BCUT2D eigenvalue weighted by Crippen LogP contribution is -2.41. The molecular formula is C20H21NO4S. The monoisotopic (exact) mass is 371 g/mol. The zero-order valence-electron chi connectivity index (χ0n) is 14.4. The number of amides is 1. The minimum atomic E-state index is -0.125. The Hall–Kier alpha value is -2.02. The van der Waals surface area contributed by atoms with E-state index in [9.17, 15) is 9.59 Å². The standard InChI is InChI=1S/C20H21NO4S/c22-18(17-6-3-13-26-17)15-4-1-2-5-16(15)19(23)21-9-7-14(8-10-21)20-24-11-12-25-20/h1-6,13-14,20H,7-12H2. The fourth-order valence-corrected chi connectivity index (χ4v) is 4.28. The number of hydrogen-bond donors (Lipinski definition) is 0. The Morgan fingerprint density at radius 1 is 0.962 bits per heavy atom. The van der Waals surface area contributed by atoms with Crippen LogP contribution in [0.3, 0.4) is 0 Å². The molecule has 1 amide bonds. The number of benzene rings is 1.